The third-order valence-corrected chi connectivity index (χ3v) is 2.47. The molecular weight excluding hydrogens is 238 g/mol. The van der Waals surface area contributed by atoms with E-state index < -0.39 is 6.10 Å². The highest BCUT2D eigenvalue weighted by Gasteiger charge is 2.26. The Bertz CT molecular complexity index is 219. The minimum absolute atomic E-state index is 0.00884. The molecule has 1 saturated heterocycles. The Morgan fingerprint density at radius 2 is 2.31 bits per heavy atom. The van der Waals surface area contributed by atoms with Crippen molar-refractivity contribution in [3.63, 3.8) is 0 Å². The Balaban J connectivity index is 2.51. The van der Waals surface area contributed by atoms with Gasteiger partial charge in [-0.3, -0.25) is 9.59 Å². The summed E-state index contributed by atoms with van der Waals surface area (Å²) in [4.78, 5) is 23.9. The highest BCUT2D eigenvalue weighted by molar-refractivity contribution is 9.09. The summed E-state index contributed by atoms with van der Waals surface area (Å²) in [6.45, 7) is 2.89. The summed E-state index contributed by atoms with van der Waals surface area (Å²) >= 11 is 3.09. The Labute approximate surface area is 85.4 Å². The predicted octanol–water partition coefficient (Wildman–Crippen LogP) is 0.198. The number of nitrogens with zero attached hydrogens (tertiary/aromatic N) is 1. The lowest BCUT2D eigenvalue weighted by molar-refractivity contribution is -0.143. The van der Waals surface area contributed by atoms with E-state index in [4.69, 9.17) is 4.74 Å². The van der Waals surface area contributed by atoms with Crippen LogP contribution in [-0.2, 0) is 14.3 Å². The number of alkyl halides is 1. The number of amides is 1. The van der Waals surface area contributed by atoms with Crippen molar-refractivity contribution >= 4 is 27.6 Å². The van der Waals surface area contributed by atoms with Gasteiger partial charge in [0.2, 0.25) is 5.91 Å². The molecule has 0 radical (unpaired) electrons. The van der Waals surface area contributed by atoms with Gasteiger partial charge < -0.3 is 9.64 Å². The molecule has 4 nitrogen and oxygen atoms in total. The van der Waals surface area contributed by atoms with Gasteiger partial charge in [-0.25, -0.2) is 0 Å². The van der Waals surface area contributed by atoms with Crippen molar-refractivity contribution in [1.82, 2.24) is 4.90 Å². The van der Waals surface area contributed by atoms with E-state index in [1.807, 2.05) is 0 Å². The first-order chi connectivity index (χ1) is 6.15. The summed E-state index contributed by atoms with van der Waals surface area (Å²) in [5.74, 6) is -0.0124. The van der Waals surface area contributed by atoms with Crippen LogP contribution in [0.2, 0.25) is 0 Å². The van der Waals surface area contributed by atoms with Gasteiger partial charge >= 0.3 is 0 Å². The molecule has 0 aliphatic carbocycles. The van der Waals surface area contributed by atoms with Crippen molar-refractivity contribution in [2.45, 2.75) is 13.0 Å². The van der Waals surface area contributed by atoms with Crippen LogP contribution >= 0.6 is 15.9 Å². The van der Waals surface area contributed by atoms with Crippen molar-refractivity contribution in [1.29, 1.82) is 0 Å². The van der Waals surface area contributed by atoms with Crippen LogP contribution < -0.4 is 0 Å². The molecule has 74 valence electrons. The van der Waals surface area contributed by atoms with Gasteiger partial charge in [-0.1, -0.05) is 15.9 Å². The molecule has 1 rings (SSSR count). The Hall–Kier alpha value is -0.420. The van der Waals surface area contributed by atoms with E-state index in [2.05, 4.69) is 15.9 Å². The Kier molecular flexibility index (Phi) is 3.87. The molecule has 0 saturated carbocycles. The third kappa shape index (κ3) is 2.77. The summed E-state index contributed by atoms with van der Waals surface area (Å²) in [7, 11) is 0. The largest absolute Gasteiger partial charge is 0.367 e. The predicted molar refractivity (Wildman–Crippen MR) is 50.8 cm³/mol. The Morgan fingerprint density at radius 3 is 2.85 bits per heavy atom. The molecule has 0 aromatic heterocycles. The van der Waals surface area contributed by atoms with E-state index in [0.29, 0.717) is 25.0 Å². The highest BCUT2D eigenvalue weighted by Crippen LogP contribution is 2.07. The van der Waals surface area contributed by atoms with Crippen molar-refractivity contribution in [3.8, 4) is 0 Å². The van der Waals surface area contributed by atoms with E-state index in [1.165, 1.54) is 6.92 Å². The van der Waals surface area contributed by atoms with Crippen molar-refractivity contribution in [3.05, 3.63) is 0 Å². The highest BCUT2D eigenvalue weighted by atomic mass is 79.9. The van der Waals surface area contributed by atoms with E-state index in [9.17, 15) is 9.59 Å². The maximum absolute atomic E-state index is 11.2. The molecular formula is C8H12BrNO3. The molecule has 13 heavy (non-hydrogen) atoms. The fourth-order valence-electron chi connectivity index (χ4n) is 1.21. The fraction of sp³-hybridized carbons (Fsp3) is 0.750. The van der Waals surface area contributed by atoms with Gasteiger partial charge in [0.15, 0.2) is 5.78 Å². The van der Waals surface area contributed by atoms with Crippen LogP contribution in [0.4, 0.5) is 0 Å². The molecule has 0 aromatic rings. The second-order valence-electron chi connectivity index (χ2n) is 2.94. The molecule has 0 spiro atoms. The van der Waals surface area contributed by atoms with Crippen LogP contribution in [-0.4, -0.2) is 47.7 Å². The van der Waals surface area contributed by atoms with E-state index in [-0.39, 0.29) is 11.7 Å². The molecule has 1 amide bonds. The number of halogens is 1. The second kappa shape index (κ2) is 4.72. The number of hydrogen-bond donors (Lipinski definition) is 0. The molecule has 1 atom stereocenters. The normalized spacial score (nSPS) is 22.9. The first kappa shape index (κ1) is 10.7. The number of hydrogen-bond acceptors (Lipinski definition) is 3. The number of carbonyl (C=O) groups is 2. The maximum Gasteiger partial charge on any atom is 0.233 e. The fourth-order valence-corrected chi connectivity index (χ4v) is 1.56. The number of rotatable bonds is 2. The van der Waals surface area contributed by atoms with Gasteiger partial charge in [0.1, 0.15) is 6.10 Å². The van der Waals surface area contributed by atoms with Gasteiger partial charge in [0.05, 0.1) is 18.5 Å². The summed E-state index contributed by atoms with van der Waals surface area (Å²) in [6.07, 6.45) is -0.434. The summed E-state index contributed by atoms with van der Waals surface area (Å²) < 4.78 is 5.21. The maximum atomic E-state index is 11.2. The van der Waals surface area contributed by atoms with Crippen LogP contribution in [0.3, 0.4) is 0 Å². The number of carbonyl (C=O) groups excluding carboxylic acids is 2. The lowest BCUT2D eigenvalue weighted by Gasteiger charge is -2.31. The first-order valence-electron chi connectivity index (χ1n) is 4.11. The van der Waals surface area contributed by atoms with E-state index in [1.54, 1.807) is 4.90 Å². The third-order valence-electron chi connectivity index (χ3n) is 1.99. The SMILES string of the molecule is CC(=O)C1CN(C(=O)CBr)CCO1. The zero-order valence-corrected chi connectivity index (χ0v) is 9.04. The molecule has 0 aromatic carbocycles. The average Bonchev–Trinajstić information content (AvgIpc) is 2.17. The van der Waals surface area contributed by atoms with E-state index in [0.717, 1.165) is 0 Å². The number of ketones is 1. The molecule has 1 aliphatic rings. The Morgan fingerprint density at radius 1 is 1.62 bits per heavy atom. The summed E-state index contributed by atoms with van der Waals surface area (Å²) in [5.41, 5.74) is 0. The monoisotopic (exact) mass is 249 g/mol. The molecule has 1 aliphatic heterocycles. The molecule has 1 heterocycles. The zero-order chi connectivity index (χ0) is 9.84. The average molecular weight is 250 g/mol. The summed E-state index contributed by atoms with van der Waals surface area (Å²) in [5, 5.41) is 0.303. The molecule has 0 N–H and O–H groups in total. The lowest BCUT2D eigenvalue weighted by atomic mass is 10.2. The standard InChI is InChI=1S/C8H12BrNO3/c1-6(11)7-5-10(2-3-13-7)8(12)4-9/h7H,2-5H2,1H3. The van der Waals surface area contributed by atoms with Crippen molar-refractivity contribution in [2.75, 3.05) is 25.0 Å². The van der Waals surface area contributed by atoms with Crippen LogP contribution in [0.15, 0.2) is 0 Å². The van der Waals surface area contributed by atoms with Crippen LogP contribution in [0.25, 0.3) is 0 Å². The van der Waals surface area contributed by atoms with Crippen LogP contribution in [0.1, 0.15) is 6.92 Å². The minimum atomic E-state index is -0.434. The number of morpholine rings is 1. The van der Waals surface area contributed by atoms with Gasteiger partial charge in [0.25, 0.3) is 0 Å². The molecule has 0 bridgehead atoms. The zero-order valence-electron chi connectivity index (χ0n) is 7.46. The smallest absolute Gasteiger partial charge is 0.233 e. The minimum Gasteiger partial charge on any atom is -0.367 e. The second-order valence-corrected chi connectivity index (χ2v) is 3.50. The number of Topliss-reactive ketones (excluding diaryl/α,β-unsaturated/α-hetero) is 1. The van der Waals surface area contributed by atoms with Crippen LogP contribution in [0, 0.1) is 0 Å². The molecule has 1 fully saturated rings. The van der Waals surface area contributed by atoms with Gasteiger partial charge in [0, 0.05) is 6.54 Å². The van der Waals surface area contributed by atoms with Gasteiger partial charge in [-0.05, 0) is 6.92 Å². The van der Waals surface area contributed by atoms with Gasteiger partial charge in [-0.2, -0.15) is 0 Å². The first-order valence-corrected chi connectivity index (χ1v) is 5.23. The number of ether oxygens (including phenoxy) is 1. The lowest BCUT2D eigenvalue weighted by Crippen LogP contribution is -2.48. The quantitative estimate of drug-likeness (QED) is 0.657. The summed E-state index contributed by atoms with van der Waals surface area (Å²) in [6, 6.07) is 0. The van der Waals surface area contributed by atoms with Crippen molar-refractivity contribution < 1.29 is 14.3 Å². The molecule has 5 heteroatoms. The topological polar surface area (TPSA) is 46.6 Å². The van der Waals surface area contributed by atoms with Gasteiger partial charge in [-0.15, -0.1) is 0 Å². The van der Waals surface area contributed by atoms with Crippen molar-refractivity contribution in [2.24, 2.45) is 0 Å². The molecule has 1 unspecified atom stereocenters. The van der Waals surface area contributed by atoms with E-state index >= 15 is 0 Å². The van der Waals surface area contributed by atoms with Crippen LogP contribution in [0.5, 0.6) is 0 Å².